The van der Waals surface area contributed by atoms with Crippen molar-refractivity contribution in [1.29, 1.82) is 0 Å². The lowest BCUT2D eigenvalue weighted by Gasteiger charge is -2.10. The van der Waals surface area contributed by atoms with Crippen molar-refractivity contribution in [1.82, 2.24) is 4.98 Å². The fraction of sp³-hybridized carbons (Fsp3) is 0.100. The standard InChI is InChI=1S/C20H17F2N3O2/c1-27-18-5-3-2-4-14(18)11-23-19-9-7-15(12-24-19)25-20(26)13-6-8-16(21)17(22)10-13/h2-10,12H,11H2,1H3,(H,23,24)(H,25,26). The maximum absolute atomic E-state index is 13.2. The zero-order valence-corrected chi connectivity index (χ0v) is 14.5. The Morgan fingerprint density at radius 2 is 1.89 bits per heavy atom. The van der Waals surface area contributed by atoms with Gasteiger partial charge in [0.05, 0.1) is 19.0 Å². The maximum atomic E-state index is 13.2. The zero-order chi connectivity index (χ0) is 19.2. The molecule has 1 aromatic heterocycles. The molecule has 0 saturated heterocycles. The molecule has 0 saturated carbocycles. The molecule has 3 aromatic rings. The Morgan fingerprint density at radius 3 is 2.59 bits per heavy atom. The molecule has 7 heteroatoms. The minimum Gasteiger partial charge on any atom is -0.496 e. The topological polar surface area (TPSA) is 63.2 Å². The van der Waals surface area contributed by atoms with Crippen molar-refractivity contribution in [3.05, 3.63) is 83.6 Å². The van der Waals surface area contributed by atoms with Crippen LogP contribution in [0.25, 0.3) is 0 Å². The number of benzene rings is 2. The number of ether oxygens (including phenoxy) is 1. The summed E-state index contributed by atoms with van der Waals surface area (Å²) in [4.78, 5) is 16.3. The molecule has 0 aliphatic heterocycles. The van der Waals surface area contributed by atoms with Crippen LogP contribution in [0.15, 0.2) is 60.8 Å². The van der Waals surface area contributed by atoms with E-state index in [4.69, 9.17) is 4.74 Å². The Morgan fingerprint density at radius 1 is 1.07 bits per heavy atom. The number of aromatic nitrogens is 1. The molecule has 5 nitrogen and oxygen atoms in total. The molecule has 0 radical (unpaired) electrons. The number of carbonyl (C=O) groups is 1. The Kier molecular flexibility index (Phi) is 5.61. The van der Waals surface area contributed by atoms with Crippen molar-refractivity contribution < 1.29 is 18.3 Å². The zero-order valence-electron chi connectivity index (χ0n) is 14.5. The van der Waals surface area contributed by atoms with Crippen LogP contribution in [-0.4, -0.2) is 18.0 Å². The molecule has 3 rings (SSSR count). The largest absolute Gasteiger partial charge is 0.496 e. The molecule has 0 spiro atoms. The number of nitrogens with one attached hydrogen (secondary N) is 2. The molecule has 0 bridgehead atoms. The van der Waals surface area contributed by atoms with Gasteiger partial charge in [-0.1, -0.05) is 18.2 Å². The molecule has 0 unspecified atom stereocenters. The summed E-state index contributed by atoms with van der Waals surface area (Å²) in [5.74, 6) is -1.23. The number of anilines is 2. The third-order valence-corrected chi connectivity index (χ3v) is 3.86. The van der Waals surface area contributed by atoms with Gasteiger partial charge in [-0.15, -0.1) is 0 Å². The summed E-state index contributed by atoms with van der Waals surface area (Å²) < 4.78 is 31.5. The number of hydrogen-bond donors (Lipinski definition) is 2. The Balaban J connectivity index is 1.61. The van der Waals surface area contributed by atoms with Gasteiger partial charge in [0.1, 0.15) is 11.6 Å². The highest BCUT2D eigenvalue weighted by molar-refractivity contribution is 6.04. The number of hydrogen-bond acceptors (Lipinski definition) is 4. The van der Waals surface area contributed by atoms with Crippen molar-refractivity contribution in [3.63, 3.8) is 0 Å². The van der Waals surface area contributed by atoms with Crippen molar-refractivity contribution in [3.8, 4) is 5.75 Å². The average molecular weight is 369 g/mol. The number of nitrogens with zero attached hydrogens (tertiary/aromatic N) is 1. The summed E-state index contributed by atoms with van der Waals surface area (Å²) >= 11 is 0. The Hall–Kier alpha value is -3.48. The van der Waals surface area contributed by atoms with Gasteiger partial charge in [-0.25, -0.2) is 13.8 Å². The second-order valence-corrected chi connectivity index (χ2v) is 5.68. The molecule has 138 valence electrons. The molecule has 0 aliphatic carbocycles. The van der Waals surface area contributed by atoms with Crippen LogP contribution in [0.2, 0.25) is 0 Å². The number of methoxy groups -OCH3 is 1. The number of amides is 1. The van der Waals surface area contributed by atoms with Crippen molar-refractivity contribution in [2.24, 2.45) is 0 Å². The van der Waals surface area contributed by atoms with E-state index in [0.29, 0.717) is 18.1 Å². The summed E-state index contributed by atoms with van der Waals surface area (Å²) in [7, 11) is 1.61. The Labute approximate surface area is 155 Å². The Bertz CT molecular complexity index is 946. The quantitative estimate of drug-likeness (QED) is 0.682. The summed E-state index contributed by atoms with van der Waals surface area (Å²) in [6.45, 7) is 0.525. The van der Waals surface area contributed by atoms with Crippen molar-refractivity contribution in [2.75, 3.05) is 17.7 Å². The third kappa shape index (κ3) is 4.58. The number of rotatable bonds is 6. The van der Waals surface area contributed by atoms with E-state index >= 15 is 0 Å². The van der Waals surface area contributed by atoms with Crippen molar-refractivity contribution in [2.45, 2.75) is 6.54 Å². The lowest BCUT2D eigenvalue weighted by molar-refractivity contribution is 0.102. The molecule has 2 aromatic carbocycles. The third-order valence-electron chi connectivity index (χ3n) is 3.86. The maximum Gasteiger partial charge on any atom is 0.255 e. The molecule has 2 N–H and O–H groups in total. The summed E-state index contributed by atoms with van der Waals surface area (Å²) in [5, 5.41) is 5.75. The lowest BCUT2D eigenvalue weighted by Crippen LogP contribution is -2.12. The molecular formula is C20H17F2N3O2. The number of carbonyl (C=O) groups excluding carboxylic acids is 1. The van der Waals surface area contributed by atoms with Gasteiger partial charge in [0.25, 0.3) is 5.91 Å². The second-order valence-electron chi connectivity index (χ2n) is 5.68. The highest BCUT2D eigenvalue weighted by atomic mass is 19.2. The molecule has 27 heavy (non-hydrogen) atoms. The average Bonchev–Trinajstić information content (AvgIpc) is 2.69. The SMILES string of the molecule is COc1ccccc1CNc1ccc(NC(=O)c2ccc(F)c(F)c2)cn1. The first kappa shape index (κ1) is 18.3. The van der Waals surface area contributed by atoms with Crippen LogP contribution < -0.4 is 15.4 Å². The predicted octanol–water partition coefficient (Wildman–Crippen LogP) is 4.23. The van der Waals surface area contributed by atoms with Gasteiger partial charge in [-0.3, -0.25) is 4.79 Å². The minimum absolute atomic E-state index is 0.0206. The number of halogens is 2. The highest BCUT2D eigenvalue weighted by Gasteiger charge is 2.10. The van der Waals surface area contributed by atoms with E-state index in [-0.39, 0.29) is 5.56 Å². The van der Waals surface area contributed by atoms with Crippen LogP contribution in [0.3, 0.4) is 0 Å². The lowest BCUT2D eigenvalue weighted by atomic mass is 10.2. The summed E-state index contributed by atoms with van der Waals surface area (Å²) in [5.41, 5.74) is 1.44. The van der Waals surface area contributed by atoms with Crippen LogP contribution >= 0.6 is 0 Å². The number of para-hydroxylation sites is 1. The molecular weight excluding hydrogens is 352 g/mol. The van der Waals surface area contributed by atoms with Gasteiger partial charge in [0.2, 0.25) is 0 Å². The fourth-order valence-corrected chi connectivity index (χ4v) is 2.45. The van der Waals surface area contributed by atoms with E-state index in [0.717, 1.165) is 23.4 Å². The van der Waals surface area contributed by atoms with E-state index in [2.05, 4.69) is 15.6 Å². The van der Waals surface area contributed by atoms with Crippen LogP contribution in [0.5, 0.6) is 5.75 Å². The minimum atomic E-state index is -1.07. The van der Waals surface area contributed by atoms with Gasteiger partial charge >= 0.3 is 0 Å². The first-order chi connectivity index (χ1) is 13.1. The summed E-state index contributed by atoms with van der Waals surface area (Å²) in [6.07, 6.45) is 1.47. The van der Waals surface area contributed by atoms with E-state index in [1.54, 1.807) is 19.2 Å². The van der Waals surface area contributed by atoms with Crippen LogP contribution in [-0.2, 0) is 6.54 Å². The van der Waals surface area contributed by atoms with Gasteiger partial charge in [-0.05, 0) is 36.4 Å². The van der Waals surface area contributed by atoms with E-state index in [1.807, 2.05) is 24.3 Å². The van der Waals surface area contributed by atoms with Gasteiger partial charge in [-0.2, -0.15) is 0 Å². The van der Waals surface area contributed by atoms with Crippen LogP contribution in [0.4, 0.5) is 20.3 Å². The van der Waals surface area contributed by atoms with E-state index in [1.165, 1.54) is 12.3 Å². The normalized spacial score (nSPS) is 10.3. The second kappa shape index (κ2) is 8.27. The smallest absolute Gasteiger partial charge is 0.255 e. The summed E-state index contributed by atoms with van der Waals surface area (Å²) in [6, 6.07) is 14.0. The van der Waals surface area contributed by atoms with Gasteiger partial charge in [0.15, 0.2) is 11.6 Å². The molecule has 0 aliphatic rings. The number of pyridine rings is 1. The first-order valence-corrected chi connectivity index (χ1v) is 8.15. The van der Waals surface area contributed by atoms with Gasteiger partial charge < -0.3 is 15.4 Å². The molecule has 1 amide bonds. The highest BCUT2D eigenvalue weighted by Crippen LogP contribution is 2.19. The van der Waals surface area contributed by atoms with Crippen LogP contribution in [0, 0.1) is 11.6 Å². The van der Waals surface area contributed by atoms with E-state index < -0.39 is 17.5 Å². The monoisotopic (exact) mass is 369 g/mol. The predicted molar refractivity (Wildman–Crippen MR) is 98.9 cm³/mol. The van der Waals surface area contributed by atoms with Crippen LogP contribution in [0.1, 0.15) is 15.9 Å². The molecule has 1 heterocycles. The first-order valence-electron chi connectivity index (χ1n) is 8.15. The molecule has 0 fully saturated rings. The fourth-order valence-electron chi connectivity index (χ4n) is 2.45. The van der Waals surface area contributed by atoms with Crippen molar-refractivity contribution >= 4 is 17.4 Å². The molecule has 0 atom stereocenters. The van der Waals surface area contributed by atoms with Gasteiger partial charge in [0, 0.05) is 17.7 Å². The van der Waals surface area contributed by atoms with E-state index in [9.17, 15) is 13.6 Å².